The number of nitrogens with zero attached hydrogens (tertiary/aromatic N) is 2. The summed E-state index contributed by atoms with van der Waals surface area (Å²) in [5, 5.41) is 9.24. The second-order valence-electron chi connectivity index (χ2n) is 8.73. The number of carboxylic acids is 1. The minimum atomic E-state index is -3.25. The van der Waals surface area contributed by atoms with Crippen molar-refractivity contribution in [3.63, 3.8) is 0 Å². The first-order valence-corrected chi connectivity index (χ1v) is 13.2. The Morgan fingerprint density at radius 3 is 2.52 bits per heavy atom. The summed E-state index contributed by atoms with van der Waals surface area (Å²) < 4.78 is 25.7. The van der Waals surface area contributed by atoms with Gasteiger partial charge in [0.1, 0.15) is 0 Å². The molecule has 180 valence electrons. The van der Waals surface area contributed by atoms with Crippen LogP contribution in [0.2, 0.25) is 0 Å². The van der Waals surface area contributed by atoms with E-state index < -0.39 is 21.9 Å². The van der Waals surface area contributed by atoms with Gasteiger partial charge in [-0.25, -0.2) is 24.1 Å². The van der Waals surface area contributed by atoms with Gasteiger partial charge in [-0.1, -0.05) is 37.5 Å². The van der Waals surface area contributed by atoms with Crippen molar-refractivity contribution < 1.29 is 23.2 Å². The highest BCUT2D eigenvalue weighted by atomic mass is 32.2. The molecule has 0 spiro atoms. The lowest BCUT2D eigenvalue weighted by Gasteiger charge is -2.31. The predicted octanol–water partition coefficient (Wildman–Crippen LogP) is 3.70. The highest BCUT2D eigenvalue weighted by molar-refractivity contribution is 7.90. The molecule has 1 heterocycles. The molecular weight excluding hydrogens is 442 g/mol. The molecular formula is C24H33N3O5S. The molecule has 9 heteroatoms. The van der Waals surface area contributed by atoms with Gasteiger partial charge >= 0.3 is 5.97 Å². The molecule has 1 fully saturated rings. The number of imidazole rings is 1. The molecule has 0 bridgehead atoms. The van der Waals surface area contributed by atoms with E-state index in [1.165, 1.54) is 31.1 Å². The molecule has 8 nitrogen and oxygen atoms in total. The predicted molar refractivity (Wildman–Crippen MR) is 125 cm³/mol. The molecule has 33 heavy (non-hydrogen) atoms. The maximum absolute atomic E-state index is 11.8. The number of aliphatic carboxylic acids is 1. The Balaban J connectivity index is 1.90. The van der Waals surface area contributed by atoms with E-state index in [1.807, 2.05) is 18.3 Å². The van der Waals surface area contributed by atoms with Crippen molar-refractivity contribution in [3.05, 3.63) is 60.2 Å². The number of rotatable bonds is 11. The first-order chi connectivity index (χ1) is 15.8. The van der Waals surface area contributed by atoms with Crippen LogP contribution in [0.3, 0.4) is 0 Å². The number of sulfone groups is 1. The Morgan fingerprint density at radius 1 is 1.27 bits per heavy atom. The van der Waals surface area contributed by atoms with Gasteiger partial charge in [0.15, 0.2) is 15.9 Å². The summed E-state index contributed by atoms with van der Waals surface area (Å²) in [6.45, 7) is 0. The average Bonchev–Trinajstić information content (AvgIpc) is 3.33. The van der Waals surface area contributed by atoms with Crippen molar-refractivity contribution in [2.45, 2.75) is 68.4 Å². The van der Waals surface area contributed by atoms with Gasteiger partial charge in [0.25, 0.3) is 0 Å². The molecule has 2 aromatic rings. The molecule has 0 saturated heterocycles. The monoisotopic (exact) mass is 475 g/mol. The molecule has 2 unspecified atom stereocenters. The topological polar surface area (TPSA) is 125 Å². The molecule has 3 N–H and O–H groups in total. The fraction of sp³-hybridized carbons (Fsp3) is 0.500. The fourth-order valence-corrected chi connectivity index (χ4v) is 5.24. The van der Waals surface area contributed by atoms with E-state index in [-0.39, 0.29) is 6.04 Å². The van der Waals surface area contributed by atoms with Crippen LogP contribution < -0.4 is 5.90 Å². The normalized spacial score (nSPS) is 17.6. The lowest BCUT2D eigenvalue weighted by molar-refractivity contribution is -0.151. The average molecular weight is 476 g/mol. The van der Waals surface area contributed by atoms with Crippen molar-refractivity contribution >= 4 is 15.8 Å². The van der Waals surface area contributed by atoms with E-state index in [9.17, 15) is 18.3 Å². The van der Waals surface area contributed by atoms with Gasteiger partial charge in [-0.05, 0) is 61.3 Å². The molecule has 1 saturated carbocycles. The smallest absolute Gasteiger partial charge is 0.334 e. The number of nitrogens with two attached hydrogens (primary N) is 1. The van der Waals surface area contributed by atoms with Crippen molar-refractivity contribution in [3.8, 4) is 0 Å². The summed E-state index contributed by atoms with van der Waals surface area (Å²) in [7, 11) is -3.25. The van der Waals surface area contributed by atoms with E-state index in [1.54, 1.807) is 24.7 Å². The number of allylic oxidation sites excluding steroid dienone is 2. The Kier molecular flexibility index (Phi) is 8.82. The van der Waals surface area contributed by atoms with Crippen LogP contribution in [0.4, 0.5) is 0 Å². The van der Waals surface area contributed by atoms with Gasteiger partial charge in [-0.2, -0.15) is 0 Å². The van der Waals surface area contributed by atoms with E-state index in [4.69, 9.17) is 5.90 Å². The van der Waals surface area contributed by atoms with Crippen molar-refractivity contribution in [2.75, 3.05) is 6.26 Å². The van der Waals surface area contributed by atoms with Gasteiger partial charge in [0.05, 0.1) is 17.3 Å². The highest BCUT2D eigenvalue weighted by Gasteiger charge is 2.26. The molecule has 0 radical (unpaired) electrons. The number of hydrogen-bond donors (Lipinski definition) is 2. The summed E-state index contributed by atoms with van der Waals surface area (Å²) in [5.74, 6) is 4.50. The van der Waals surface area contributed by atoms with Crippen LogP contribution in [0.5, 0.6) is 0 Å². The first kappa shape index (κ1) is 25.1. The van der Waals surface area contributed by atoms with Gasteiger partial charge in [-0.15, -0.1) is 0 Å². The largest absolute Gasteiger partial charge is 0.479 e. The quantitative estimate of drug-likeness (QED) is 0.375. The number of carbonyl (C=O) groups is 1. The standard InChI is InChI=1S/C24H33N3O5S/c1-33(30,31)20-12-10-18(11-13-20)16-22(27-15-14-26-17-27)21(19-6-3-2-4-7-19)8-5-9-23(32-25)24(28)29/h8,10-15,17,19,22-23H,2-7,9,16,25H2,1H3,(H,28,29)/b21-8+. The van der Waals surface area contributed by atoms with E-state index in [0.29, 0.717) is 30.1 Å². The van der Waals surface area contributed by atoms with E-state index in [2.05, 4.69) is 20.5 Å². The van der Waals surface area contributed by atoms with Crippen LogP contribution in [0.1, 0.15) is 56.6 Å². The molecule has 1 aromatic carbocycles. The van der Waals surface area contributed by atoms with E-state index >= 15 is 0 Å². The zero-order valence-corrected chi connectivity index (χ0v) is 19.8. The van der Waals surface area contributed by atoms with Gasteiger partial charge < -0.3 is 9.67 Å². The third kappa shape index (κ3) is 6.99. The molecule has 0 amide bonds. The Bertz CT molecular complexity index is 1030. The van der Waals surface area contributed by atoms with Crippen LogP contribution in [-0.2, 0) is 25.9 Å². The maximum Gasteiger partial charge on any atom is 0.334 e. The van der Waals surface area contributed by atoms with Gasteiger partial charge in [0.2, 0.25) is 0 Å². The Hall–Kier alpha value is -2.49. The van der Waals surface area contributed by atoms with E-state index in [0.717, 1.165) is 18.4 Å². The highest BCUT2D eigenvalue weighted by Crippen LogP contribution is 2.37. The maximum atomic E-state index is 11.8. The zero-order valence-electron chi connectivity index (χ0n) is 19.0. The van der Waals surface area contributed by atoms with Crippen LogP contribution in [0.25, 0.3) is 0 Å². The summed E-state index contributed by atoms with van der Waals surface area (Å²) >= 11 is 0. The number of carboxylic acid groups (broad SMARTS) is 1. The lowest BCUT2D eigenvalue weighted by atomic mass is 9.79. The third-order valence-electron chi connectivity index (χ3n) is 6.38. The third-order valence-corrected chi connectivity index (χ3v) is 7.50. The molecule has 1 aromatic heterocycles. The van der Waals surface area contributed by atoms with Gasteiger partial charge in [-0.3, -0.25) is 4.84 Å². The van der Waals surface area contributed by atoms with Crippen LogP contribution in [0, 0.1) is 5.92 Å². The SMILES string of the molecule is CS(=O)(=O)c1ccc(CC(/C(=C/CCC(ON)C(=O)O)C2CCCCC2)n2ccnc2)cc1. The van der Waals surface area contributed by atoms with Crippen molar-refractivity contribution in [1.29, 1.82) is 0 Å². The molecule has 0 aliphatic heterocycles. The minimum absolute atomic E-state index is 0.00163. The molecule has 3 rings (SSSR count). The summed E-state index contributed by atoms with van der Waals surface area (Å²) in [6, 6.07) is 7.02. The van der Waals surface area contributed by atoms with Crippen LogP contribution >= 0.6 is 0 Å². The fourth-order valence-electron chi connectivity index (χ4n) is 4.61. The molecule has 1 aliphatic rings. The Morgan fingerprint density at radius 2 is 1.97 bits per heavy atom. The second kappa shape index (κ2) is 11.6. The van der Waals surface area contributed by atoms with Crippen molar-refractivity contribution in [2.24, 2.45) is 11.8 Å². The number of hydrogen-bond acceptors (Lipinski definition) is 6. The van der Waals surface area contributed by atoms with Crippen LogP contribution in [0.15, 0.2) is 59.5 Å². The molecule has 1 aliphatic carbocycles. The van der Waals surface area contributed by atoms with Crippen molar-refractivity contribution in [1.82, 2.24) is 9.55 Å². The molecule has 2 atom stereocenters. The zero-order chi connectivity index (χ0) is 23.8. The Labute approximate surface area is 195 Å². The minimum Gasteiger partial charge on any atom is -0.479 e. The number of aromatic nitrogens is 2. The number of benzene rings is 1. The van der Waals surface area contributed by atoms with Gasteiger partial charge in [0, 0.05) is 18.6 Å². The summed E-state index contributed by atoms with van der Waals surface area (Å²) in [4.78, 5) is 20.4. The second-order valence-corrected chi connectivity index (χ2v) is 10.7. The lowest BCUT2D eigenvalue weighted by Crippen LogP contribution is -2.27. The van der Waals surface area contributed by atoms with Crippen LogP contribution in [-0.4, -0.2) is 41.4 Å². The summed E-state index contributed by atoms with van der Waals surface area (Å²) in [6.07, 6.45) is 15.1. The summed E-state index contributed by atoms with van der Waals surface area (Å²) in [5.41, 5.74) is 2.29. The first-order valence-electron chi connectivity index (χ1n) is 11.3.